The fraction of sp³-hybridized carbons (Fsp3) is 0.167. The summed E-state index contributed by atoms with van der Waals surface area (Å²) in [5.74, 6) is -2.64. The maximum absolute atomic E-state index is 10.1. The standard InChI is InChI=1S/C5H8O3.C4H2O3.C3H4O2/c1-2-5(7)8-4-3-6;5-3-1-2-4(6)7-3;1-2-3(4)5/h2,6H,1,3-4H2;1-2H;2H,1H2,(H,4,5). The van der Waals surface area contributed by atoms with Gasteiger partial charge in [-0.2, -0.15) is 0 Å². The van der Waals surface area contributed by atoms with Crippen molar-refractivity contribution < 1.29 is 38.9 Å². The van der Waals surface area contributed by atoms with Crippen LogP contribution in [0.15, 0.2) is 37.5 Å². The number of aliphatic hydroxyl groups excluding tert-OH is 1. The molecular formula is C12H14O8. The minimum absolute atomic E-state index is 0.0465. The maximum Gasteiger partial charge on any atom is 0.338 e. The zero-order chi connectivity index (χ0) is 16.0. The minimum atomic E-state index is -0.981. The molecular weight excluding hydrogens is 272 g/mol. The van der Waals surface area contributed by atoms with E-state index in [1.807, 2.05) is 0 Å². The molecule has 0 aliphatic carbocycles. The number of carbonyl (C=O) groups is 4. The van der Waals surface area contributed by atoms with Crippen LogP contribution in [0, 0.1) is 0 Å². The van der Waals surface area contributed by atoms with Crippen molar-refractivity contribution in [3.05, 3.63) is 37.5 Å². The largest absolute Gasteiger partial charge is 0.478 e. The molecule has 0 unspecified atom stereocenters. The second kappa shape index (κ2) is 12.7. The van der Waals surface area contributed by atoms with Gasteiger partial charge in [0.1, 0.15) is 6.61 Å². The number of carboxylic acids is 1. The van der Waals surface area contributed by atoms with E-state index in [2.05, 4.69) is 22.6 Å². The number of aliphatic hydroxyl groups is 1. The molecule has 20 heavy (non-hydrogen) atoms. The number of ether oxygens (including phenoxy) is 2. The lowest BCUT2D eigenvalue weighted by Crippen LogP contribution is -2.04. The molecule has 0 saturated carbocycles. The highest BCUT2D eigenvalue weighted by molar-refractivity contribution is 6.04. The van der Waals surface area contributed by atoms with Gasteiger partial charge in [-0.05, 0) is 0 Å². The average Bonchev–Trinajstić information content (AvgIpc) is 2.80. The zero-order valence-electron chi connectivity index (χ0n) is 10.5. The first-order valence-corrected chi connectivity index (χ1v) is 5.06. The summed E-state index contributed by atoms with van der Waals surface area (Å²) >= 11 is 0. The van der Waals surface area contributed by atoms with Crippen LogP contribution in [0.5, 0.6) is 0 Å². The van der Waals surface area contributed by atoms with Crippen LogP contribution in [0.3, 0.4) is 0 Å². The number of hydrogen-bond donors (Lipinski definition) is 2. The Bertz CT molecular complexity index is 392. The third-order valence-corrected chi connectivity index (χ3v) is 1.23. The number of esters is 3. The van der Waals surface area contributed by atoms with E-state index >= 15 is 0 Å². The van der Waals surface area contributed by atoms with Gasteiger partial charge in [0.05, 0.1) is 6.61 Å². The second-order valence-electron chi connectivity index (χ2n) is 2.71. The lowest BCUT2D eigenvalue weighted by Gasteiger charge is -1.94. The number of hydrogen-bond acceptors (Lipinski definition) is 7. The molecule has 0 atom stereocenters. The van der Waals surface area contributed by atoms with E-state index in [4.69, 9.17) is 10.2 Å². The Balaban J connectivity index is 0. The van der Waals surface area contributed by atoms with Crippen LogP contribution < -0.4 is 0 Å². The number of rotatable bonds is 4. The van der Waals surface area contributed by atoms with Crippen LogP contribution in [-0.2, 0) is 28.7 Å². The Labute approximate surface area is 114 Å². The van der Waals surface area contributed by atoms with Crippen LogP contribution in [0.4, 0.5) is 0 Å². The Hall–Kier alpha value is -2.74. The summed E-state index contributed by atoms with van der Waals surface area (Å²) in [7, 11) is 0. The predicted molar refractivity (Wildman–Crippen MR) is 66.3 cm³/mol. The van der Waals surface area contributed by atoms with Crippen LogP contribution >= 0.6 is 0 Å². The van der Waals surface area contributed by atoms with Crippen LogP contribution in [0.1, 0.15) is 0 Å². The average molecular weight is 286 g/mol. The topological polar surface area (TPSA) is 127 Å². The molecule has 2 N–H and O–H groups in total. The molecule has 110 valence electrons. The van der Waals surface area contributed by atoms with Crippen molar-refractivity contribution in [2.24, 2.45) is 0 Å². The van der Waals surface area contributed by atoms with Gasteiger partial charge >= 0.3 is 23.9 Å². The van der Waals surface area contributed by atoms with Crippen molar-refractivity contribution in [1.82, 2.24) is 0 Å². The summed E-state index contributed by atoms with van der Waals surface area (Å²) in [4.78, 5) is 39.2. The van der Waals surface area contributed by atoms with Gasteiger partial charge in [-0.1, -0.05) is 13.2 Å². The molecule has 8 nitrogen and oxygen atoms in total. The number of carboxylic acid groups (broad SMARTS) is 1. The zero-order valence-corrected chi connectivity index (χ0v) is 10.5. The molecule has 0 aromatic carbocycles. The quantitative estimate of drug-likeness (QED) is 0.405. The molecule has 1 heterocycles. The van der Waals surface area contributed by atoms with E-state index in [-0.39, 0.29) is 13.2 Å². The first-order valence-electron chi connectivity index (χ1n) is 5.06. The summed E-state index contributed by atoms with van der Waals surface area (Å²) in [6, 6.07) is 0. The summed E-state index contributed by atoms with van der Waals surface area (Å²) in [6.07, 6.45) is 4.06. The SMILES string of the molecule is C=CC(=O)O.C=CC(=O)OCCO.O=C1C=CC(=O)O1. The summed E-state index contributed by atoms with van der Waals surface area (Å²) in [5.41, 5.74) is 0. The Morgan fingerprint density at radius 3 is 1.85 bits per heavy atom. The Morgan fingerprint density at radius 1 is 1.20 bits per heavy atom. The van der Waals surface area contributed by atoms with Gasteiger partial charge < -0.3 is 19.7 Å². The van der Waals surface area contributed by atoms with Gasteiger partial charge in [0.25, 0.3) is 0 Å². The molecule has 1 aliphatic rings. The Kier molecular flexibility index (Phi) is 12.5. The molecule has 0 radical (unpaired) electrons. The molecule has 0 bridgehead atoms. The number of aliphatic carboxylic acids is 1. The van der Waals surface area contributed by atoms with E-state index in [1.54, 1.807) is 0 Å². The van der Waals surface area contributed by atoms with Crippen molar-refractivity contribution in [3.8, 4) is 0 Å². The monoisotopic (exact) mass is 286 g/mol. The highest BCUT2D eigenvalue weighted by atomic mass is 16.6. The van der Waals surface area contributed by atoms with Crippen LogP contribution in [-0.4, -0.2) is 47.3 Å². The molecule has 0 fully saturated rings. The van der Waals surface area contributed by atoms with E-state index < -0.39 is 23.9 Å². The van der Waals surface area contributed by atoms with Gasteiger partial charge in [-0.15, -0.1) is 0 Å². The summed E-state index contributed by atoms with van der Waals surface area (Å²) in [5, 5.41) is 15.7. The third kappa shape index (κ3) is 15.3. The molecule has 0 aromatic heterocycles. The van der Waals surface area contributed by atoms with Crippen molar-refractivity contribution >= 4 is 23.9 Å². The van der Waals surface area contributed by atoms with Crippen molar-refractivity contribution in [2.45, 2.75) is 0 Å². The van der Waals surface area contributed by atoms with E-state index in [0.717, 1.165) is 24.3 Å². The van der Waals surface area contributed by atoms with Crippen molar-refractivity contribution in [2.75, 3.05) is 13.2 Å². The Morgan fingerprint density at radius 2 is 1.65 bits per heavy atom. The normalized spacial score (nSPS) is 11.1. The second-order valence-corrected chi connectivity index (χ2v) is 2.71. The first kappa shape index (κ1) is 19.6. The molecule has 8 heteroatoms. The molecule has 1 rings (SSSR count). The summed E-state index contributed by atoms with van der Waals surface area (Å²) < 4.78 is 8.31. The molecule has 0 spiro atoms. The highest BCUT2D eigenvalue weighted by Gasteiger charge is 2.10. The van der Waals surface area contributed by atoms with Gasteiger partial charge in [-0.25, -0.2) is 19.2 Å². The molecule has 0 aromatic rings. The van der Waals surface area contributed by atoms with Crippen LogP contribution in [0.25, 0.3) is 0 Å². The molecule has 0 amide bonds. The van der Waals surface area contributed by atoms with Gasteiger partial charge in [0.15, 0.2) is 0 Å². The molecule has 0 saturated heterocycles. The minimum Gasteiger partial charge on any atom is -0.478 e. The van der Waals surface area contributed by atoms with Gasteiger partial charge in [-0.3, -0.25) is 0 Å². The van der Waals surface area contributed by atoms with Crippen LogP contribution in [0.2, 0.25) is 0 Å². The van der Waals surface area contributed by atoms with E-state index in [9.17, 15) is 19.2 Å². The lowest BCUT2D eigenvalue weighted by molar-refractivity contribution is -0.150. The fourth-order valence-electron chi connectivity index (χ4n) is 0.508. The number of carbonyl (C=O) groups excluding carboxylic acids is 3. The maximum atomic E-state index is 10.1. The smallest absolute Gasteiger partial charge is 0.338 e. The van der Waals surface area contributed by atoms with Crippen molar-refractivity contribution in [1.29, 1.82) is 0 Å². The van der Waals surface area contributed by atoms with Gasteiger partial charge in [0, 0.05) is 24.3 Å². The first-order chi connectivity index (χ1) is 9.37. The molecule has 1 aliphatic heterocycles. The van der Waals surface area contributed by atoms with Crippen molar-refractivity contribution in [3.63, 3.8) is 0 Å². The summed E-state index contributed by atoms with van der Waals surface area (Å²) in [6.45, 7) is 6.03. The fourth-order valence-corrected chi connectivity index (χ4v) is 0.508. The lowest BCUT2D eigenvalue weighted by atomic mass is 10.6. The third-order valence-electron chi connectivity index (χ3n) is 1.23. The van der Waals surface area contributed by atoms with E-state index in [1.165, 1.54) is 0 Å². The van der Waals surface area contributed by atoms with E-state index in [0.29, 0.717) is 0 Å². The van der Waals surface area contributed by atoms with Gasteiger partial charge in [0.2, 0.25) is 0 Å². The highest BCUT2D eigenvalue weighted by Crippen LogP contribution is 1.92. The number of cyclic esters (lactones) is 2. The predicted octanol–water partition coefficient (Wildman–Crippen LogP) is -0.409.